The van der Waals surface area contributed by atoms with E-state index in [1.807, 2.05) is 24.5 Å². The van der Waals surface area contributed by atoms with Crippen molar-refractivity contribution in [1.82, 2.24) is 23.9 Å². The van der Waals surface area contributed by atoms with Gasteiger partial charge < -0.3 is 26.0 Å². The highest BCUT2D eigenvalue weighted by molar-refractivity contribution is 7.89. The van der Waals surface area contributed by atoms with E-state index in [1.54, 1.807) is 12.4 Å². The summed E-state index contributed by atoms with van der Waals surface area (Å²) < 4.78 is 51.7. The average molecular weight is 961 g/mol. The number of pyridine rings is 2. The van der Waals surface area contributed by atoms with Crippen molar-refractivity contribution in [2.24, 2.45) is 5.73 Å². The van der Waals surface area contributed by atoms with Gasteiger partial charge in [-0.25, -0.2) is 25.4 Å². The van der Waals surface area contributed by atoms with Crippen LogP contribution in [-0.4, -0.2) is 118 Å². The van der Waals surface area contributed by atoms with Crippen LogP contribution in [0.3, 0.4) is 0 Å². The molecule has 2 aromatic carbocycles. The van der Waals surface area contributed by atoms with Crippen LogP contribution in [0.5, 0.6) is 0 Å². The van der Waals surface area contributed by atoms with Crippen LogP contribution in [0.1, 0.15) is 38.5 Å². The van der Waals surface area contributed by atoms with Gasteiger partial charge in [0.25, 0.3) is 0 Å². The normalized spacial score (nSPS) is 15.1. The van der Waals surface area contributed by atoms with Gasteiger partial charge in [0.15, 0.2) is 0 Å². The van der Waals surface area contributed by atoms with Crippen molar-refractivity contribution in [3.8, 4) is 0 Å². The van der Waals surface area contributed by atoms with E-state index in [0.29, 0.717) is 6.04 Å². The van der Waals surface area contributed by atoms with Crippen LogP contribution in [0, 0.1) is 0 Å². The van der Waals surface area contributed by atoms with Gasteiger partial charge in [0.1, 0.15) is 9.79 Å². The van der Waals surface area contributed by atoms with Gasteiger partial charge in [-0.3, -0.25) is 19.6 Å². The number of rotatable bonds is 13. The van der Waals surface area contributed by atoms with E-state index >= 15 is 0 Å². The molecule has 2 fully saturated rings. The smallest absolute Gasteiger partial charge is 0.304 e. The highest BCUT2D eigenvalue weighted by Gasteiger charge is 2.27. The second-order valence-corrected chi connectivity index (χ2v) is 19.8. The Bertz CT molecular complexity index is 2270. The predicted molar refractivity (Wildman–Crippen MR) is 241 cm³/mol. The first-order chi connectivity index (χ1) is 28.9. The third-order valence-electron chi connectivity index (χ3n) is 9.96. The lowest BCUT2D eigenvalue weighted by atomic mass is 10.0. The number of carbonyl (C=O) groups is 2. The maximum atomic E-state index is 12.7. The number of carbonyl (C=O) groups excluding carboxylic acids is 1. The average Bonchev–Trinajstić information content (AvgIpc) is 3.25. The molecule has 21 heteroatoms. The number of halogens is 4. The molecular weight excluding hydrogens is 910 g/mol. The molecule has 15 nitrogen and oxygen atoms in total. The third kappa shape index (κ3) is 14.6. The number of nitrogens with one attached hydrogen (secondary N) is 1. The Hall–Kier alpha value is -3.78. The minimum absolute atomic E-state index is 0.0172. The number of anilines is 2. The number of piperidine rings is 2. The summed E-state index contributed by atoms with van der Waals surface area (Å²) in [6.07, 6.45) is 10.9. The van der Waals surface area contributed by atoms with Crippen LogP contribution in [0.4, 0.5) is 11.4 Å². The molecule has 0 radical (unpaired) electrons. The third-order valence-corrected chi connectivity index (χ3v) is 15.6. The van der Waals surface area contributed by atoms with Crippen molar-refractivity contribution in [3.05, 3.63) is 106 Å². The summed E-state index contributed by atoms with van der Waals surface area (Å²) in [5, 5.41) is 11.8. The van der Waals surface area contributed by atoms with Crippen LogP contribution in [0.15, 0.2) is 95.2 Å². The molecule has 0 spiro atoms. The zero-order valence-corrected chi connectivity index (χ0v) is 38.4. The van der Waals surface area contributed by atoms with Crippen LogP contribution in [0.2, 0.25) is 20.1 Å². The lowest BCUT2D eigenvalue weighted by Gasteiger charge is -2.34. The number of carboxylic acid groups (broad SMARTS) is 1. The first-order valence-corrected chi connectivity index (χ1v) is 23.7. The second kappa shape index (κ2) is 23.6. The monoisotopic (exact) mass is 958 g/mol. The number of hydrogen-bond donors (Lipinski definition) is 3. The van der Waals surface area contributed by atoms with Crippen molar-refractivity contribution in [2.75, 3.05) is 63.2 Å². The number of nitrogens with two attached hydrogens (primary N) is 1. The molecule has 4 aromatic rings. The van der Waals surface area contributed by atoms with Gasteiger partial charge in [-0.05, 0) is 74.2 Å². The molecule has 0 unspecified atom stereocenters. The fraction of sp³-hybridized carbons (Fsp3) is 0.400. The van der Waals surface area contributed by atoms with Crippen molar-refractivity contribution >= 4 is 89.7 Å². The number of aromatic nitrogens is 2. The Balaban J connectivity index is 0.000000223. The maximum absolute atomic E-state index is 12.7. The number of nitrogens with zero attached hydrogens (tertiary/aromatic N) is 6. The standard InChI is InChI=1S/C20H24Cl2N4O3S.C10H11Cl2NO4S.C10H15N3/c1-25(30(28,29)18-4-2-3-17(21)20(18)22)12-9-19(27)24-15-7-13-26(14-8-15)16-5-10-23-11-6-16;1-13(6-5-9(14)15)18(16,17)8-4-2-3-7(11)10(8)12;11-9-3-7-13(8-4-9)10-1-5-12-6-2-10/h2-6,10-11,15H,7-9,12-14H2,1H3,(H,24,27);2-4H,5-6H2,1H3,(H,14,15);1-2,5-6,9H,3-4,7-8,11H2. The Morgan fingerprint density at radius 1 is 0.689 bits per heavy atom. The molecule has 4 N–H and O–H groups in total. The quantitative estimate of drug-likeness (QED) is 0.136. The molecule has 2 saturated heterocycles. The molecule has 0 atom stereocenters. The largest absolute Gasteiger partial charge is 0.481 e. The van der Waals surface area contributed by atoms with Gasteiger partial charge >= 0.3 is 5.97 Å². The van der Waals surface area contributed by atoms with Crippen molar-refractivity contribution in [2.45, 2.75) is 60.4 Å². The molecule has 6 rings (SSSR count). The van der Waals surface area contributed by atoms with E-state index in [0.717, 1.165) is 66.2 Å². The Morgan fingerprint density at radius 3 is 1.49 bits per heavy atom. The lowest BCUT2D eigenvalue weighted by Crippen LogP contribution is -2.45. The molecule has 0 bridgehead atoms. The van der Waals surface area contributed by atoms with Crippen molar-refractivity contribution in [1.29, 1.82) is 0 Å². The van der Waals surface area contributed by atoms with Crippen LogP contribution in [-0.2, 0) is 29.6 Å². The summed E-state index contributed by atoms with van der Waals surface area (Å²) in [6, 6.07) is 17.2. The van der Waals surface area contributed by atoms with E-state index in [9.17, 15) is 26.4 Å². The van der Waals surface area contributed by atoms with Crippen LogP contribution in [0.25, 0.3) is 0 Å². The fourth-order valence-corrected chi connectivity index (χ4v) is 10.1. The van der Waals surface area contributed by atoms with Crippen molar-refractivity contribution < 1.29 is 31.5 Å². The fourth-order valence-electron chi connectivity index (χ4n) is 6.30. The van der Waals surface area contributed by atoms with E-state index < -0.39 is 26.0 Å². The van der Waals surface area contributed by atoms with Gasteiger partial charge in [-0.2, -0.15) is 0 Å². The SMILES string of the molecule is CN(CCC(=O)NC1CCN(c2ccncc2)CC1)S(=O)(=O)c1cccc(Cl)c1Cl.CN(CCC(=O)O)S(=O)(=O)c1cccc(Cl)c1Cl.NC1CCN(c2ccncc2)CC1. The number of aliphatic carboxylic acids is 1. The Labute approximate surface area is 377 Å². The summed E-state index contributed by atoms with van der Waals surface area (Å²) in [7, 11) is -4.96. The second-order valence-electron chi connectivity index (χ2n) is 14.2. The zero-order chi connectivity index (χ0) is 44.7. The summed E-state index contributed by atoms with van der Waals surface area (Å²) in [5.41, 5.74) is 8.23. The van der Waals surface area contributed by atoms with Crippen LogP contribution < -0.4 is 20.9 Å². The topological polar surface area (TPSA) is 199 Å². The molecule has 1 amide bonds. The van der Waals surface area contributed by atoms with Gasteiger partial charge in [0, 0.05) is 108 Å². The van der Waals surface area contributed by atoms with Gasteiger partial charge in [-0.1, -0.05) is 58.5 Å². The van der Waals surface area contributed by atoms with Crippen LogP contribution >= 0.6 is 46.4 Å². The number of sulfonamides is 2. The highest BCUT2D eigenvalue weighted by Crippen LogP contribution is 2.32. The number of carboxylic acids is 1. The minimum atomic E-state index is -3.83. The number of hydrogen-bond acceptors (Lipinski definition) is 11. The minimum Gasteiger partial charge on any atom is -0.481 e. The first kappa shape index (κ1) is 49.9. The molecule has 61 heavy (non-hydrogen) atoms. The highest BCUT2D eigenvalue weighted by atomic mass is 35.5. The number of amides is 1. The van der Waals surface area contributed by atoms with Gasteiger partial charge in [0.05, 0.1) is 26.5 Å². The summed E-state index contributed by atoms with van der Waals surface area (Å²) in [5.74, 6) is -1.24. The predicted octanol–water partition coefficient (Wildman–Crippen LogP) is 6.28. The molecule has 4 heterocycles. The molecule has 2 aliphatic heterocycles. The number of benzene rings is 2. The van der Waals surface area contributed by atoms with Gasteiger partial charge in [0.2, 0.25) is 26.0 Å². The lowest BCUT2D eigenvalue weighted by molar-refractivity contribution is -0.137. The van der Waals surface area contributed by atoms with E-state index in [2.05, 4.69) is 37.2 Å². The molecule has 332 valence electrons. The first-order valence-electron chi connectivity index (χ1n) is 19.3. The van der Waals surface area contributed by atoms with E-state index in [1.165, 1.54) is 56.2 Å². The summed E-state index contributed by atoms with van der Waals surface area (Å²) >= 11 is 23.5. The maximum Gasteiger partial charge on any atom is 0.304 e. The van der Waals surface area contributed by atoms with E-state index in [-0.39, 0.29) is 67.8 Å². The van der Waals surface area contributed by atoms with Crippen molar-refractivity contribution in [3.63, 3.8) is 0 Å². The molecule has 2 aromatic heterocycles. The zero-order valence-electron chi connectivity index (χ0n) is 33.7. The Kier molecular flexibility index (Phi) is 19.3. The molecule has 2 aliphatic rings. The van der Waals surface area contributed by atoms with Gasteiger partial charge in [-0.15, -0.1) is 0 Å². The molecule has 0 aliphatic carbocycles. The molecular formula is C40H50Cl4N8O7S2. The summed E-state index contributed by atoms with van der Waals surface area (Å²) in [6.45, 7) is 3.75. The summed E-state index contributed by atoms with van der Waals surface area (Å²) in [4.78, 5) is 35.2. The molecule has 0 saturated carbocycles. The Morgan fingerprint density at radius 2 is 1.08 bits per heavy atom. The van der Waals surface area contributed by atoms with E-state index in [4.69, 9.17) is 57.2 Å².